The fraction of sp³-hybridized carbons (Fsp3) is 0.0256. The van der Waals surface area contributed by atoms with Crippen molar-refractivity contribution in [1.29, 1.82) is 0 Å². The maximum Gasteiger partial charge on any atom is 0.135 e. The summed E-state index contributed by atoms with van der Waals surface area (Å²) < 4.78 is 19.8. The van der Waals surface area contributed by atoms with Crippen LogP contribution in [0.5, 0.6) is 11.5 Å². The van der Waals surface area contributed by atoms with Gasteiger partial charge in [0.25, 0.3) is 0 Å². The monoisotopic (exact) mass is 792 g/mol. The van der Waals surface area contributed by atoms with Crippen LogP contribution in [0, 0.1) is 18.8 Å². The summed E-state index contributed by atoms with van der Waals surface area (Å²) in [6.45, 7) is 1.99. The second-order valence-electron chi connectivity index (χ2n) is 11.1. The molecule has 0 amide bonds. The van der Waals surface area contributed by atoms with Gasteiger partial charge in [-0.3, -0.25) is 0 Å². The van der Waals surface area contributed by atoms with Gasteiger partial charge in [0.05, 0.1) is 11.3 Å². The quantitative estimate of drug-likeness (QED) is 0.156. The molecule has 232 valence electrons. The molecule has 8 heteroatoms. The van der Waals surface area contributed by atoms with Crippen LogP contribution in [-0.4, -0.2) is 16.9 Å². The van der Waals surface area contributed by atoms with Gasteiger partial charge in [-0.15, -0.1) is 30.0 Å². The molecule has 5 aromatic carbocycles. The molecule has 4 heterocycles. The predicted octanol–water partition coefficient (Wildman–Crippen LogP) is 10.1. The number of rotatable bonds is 6. The fourth-order valence-electron chi connectivity index (χ4n) is 6.02. The Morgan fingerprint density at radius 1 is 0.723 bits per heavy atom. The Labute approximate surface area is 285 Å². The van der Waals surface area contributed by atoms with Gasteiger partial charge >= 0.3 is 0 Å². The number of nitrogens with zero attached hydrogens (tertiary/aromatic N) is 4. The molecule has 0 unspecified atom stereocenters. The van der Waals surface area contributed by atoms with Crippen LogP contribution in [0.4, 0.5) is 22.9 Å². The van der Waals surface area contributed by atoms with Crippen LogP contribution in [0.3, 0.4) is 0 Å². The smallest absolute Gasteiger partial charge is 0.135 e. The first-order valence-electron chi connectivity index (χ1n) is 14.9. The van der Waals surface area contributed by atoms with Gasteiger partial charge in [-0.1, -0.05) is 71.7 Å². The van der Waals surface area contributed by atoms with Crippen LogP contribution in [0.2, 0.25) is 0 Å². The molecule has 0 aliphatic carbocycles. The van der Waals surface area contributed by atoms with E-state index in [2.05, 4.69) is 29.2 Å². The second-order valence-corrected chi connectivity index (χ2v) is 11.1. The number of ether oxygens (including phenoxy) is 1. The molecule has 1 aliphatic rings. The number of benzene rings is 5. The van der Waals surface area contributed by atoms with Gasteiger partial charge in [0.2, 0.25) is 0 Å². The topological polar surface area (TPSA) is 58.1 Å². The van der Waals surface area contributed by atoms with E-state index in [4.69, 9.17) is 13.6 Å². The number of para-hydroxylation sites is 3. The van der Waals surface area contributed by atoms with Gasteiger partial charge in [0.15, 0.2) is 0 Å². The van der Waals surface area contributed by atoms with E-state index < -0.39 is 0 Å². The van der Waals surface area contributed by atoms with Gasteiger partial charge in [-0.25, -0.2) is 4.98 Å². The second kappa shape index (κ2) is 11.7. The SMILES string of the molecule is CN1C=CN(c2[c-]c(Oc3[c-]c(N(c4ccccc4)c4ccccn4)cc4oc5ccccc5c34)c3oc4ccccc4c3c2)[CH-]1.[Pt]. The van der Waals surface area contributed by atoms with Gasteiger partial charge in [0.1, 0.15) is 17.0 Å². The standard InChI is InChI=1S/C39H25N4O3.Pt/c1-41-19-20-42(25-41)27-21-31-29-13-5-7-15-32(29)46-39(31)36(22-27)45-35-24-28(23-34-38(35)30-14-6-8-16-33(30)44-34)43(26-11-3-2-4-12-26)37-17-9-10-18-40-37;/h2-21,23,25H,1H3;/q-3;. The summed E-state index contributed by atoms with van der Waals surface area (Å²) in [5.41, 5.74) is 5.24. The summed E-state index contributed by atoms with van der Waals surface area (Å²) in [6, 6.07) is 43.0. The molecule has 47 heavy (non-hydrogen) atoms. The summed E-state index contributed by atoms with van der Waals surface area (Å²) in [6.07, 6.45) is 5.76. The number of aromatic nitrogens is 1. The fourth-order valence-corrected chi connectivity index (χ4v) is 6.02. The molecule has 0 saturated carbocycles. The summed E-state index contributed by atoms with van der Waals surface area (Å²) in [7, 11) is 1.99. The average Bonchev–Trinajstić information content (AvgIpc) is 3.81. The van der Waals surface area contributed by atoms with Crippen molar-refractivity contribution in [3.05, 3.63) is 147 Å². The molecule has 0 bridgehead atoms. The molecule has 9 rings (SSSR count). The number of anilines is 4. The maximum absolute atomic E-state index is 6.90. The van der Waals surface area contributed by atoms with Crippen molar-refractivity contribution in [3.63, 3.8) is 0 Å². The molecular weight excluding hydrogens is 768 g/mol. The van der Waals surface area contributed by atoms with E-state index in [1.54, 1.807) is 6.20 Å². The Morgan fingerprint density at radius 2 is 1.47 bits per heavy atom. The number of furan rings is 2. The van der Waals surface area contributed by atoms with Crippen molar-refractivity contribution in [1.82, 2.24) is 9.88 Å². The Kier molecular flexibility index (Phi) is 7.19. The Hall–Kier alpha value is -5.52. The third kappa shape index (κ3) is 5.00. The largest absolute Gasteiger partial charge is 0.512 e. The number of fused-ring (bicyclic) bond motifs is 6. The van der Waals surface area contributed by atoms with E-state index in [-0.39, 0.29) is 21.1 Å². The number of hydrogen-bond donors (Lipinski definition) is 0. The van der Waals surface area contributed by atoms with Crippen molar-refractivity contribution >= 4 is 66.8 Å². The molecule has 1 aliphatic heterocycles. The Bertz CT molecular complexity index is 2380. The van der Waals surface area contributed by atoms with Crippen molar-refractivity contribution in [2.75, 3.05) is 16.8 Å². The van der Waals surface area contributed by atoms with Crippen molar-refractivity contribution in [2.45, 2.75) is 0 Å². The minimum atomic E-state index is 0. The molecule has 0 spiro atoms. The first-order chi connectivity index (χ1) is 22.7. The van der Waals surface area contributed by atoms with Gasteiger partial charge in [0, 0.05) is 49.7 Å². The normalized spacial score (nSPS) is 12.8. The van der Waals surface area contributed by atoms with Crippen molar-refractivity contribution < 1.29 is 34.6 Å². The van der Waals surface area contributed by atoms with E-state index in [1.807, 2.05) is 138 Å². The van der Waals surface area contributed by atoms with E-state index in [9.17, 15) is 0 Å². The van der Waals surface area contributed by atoms with Crippen molar-refractivity contribution in [3.8, 4) is 11.5 Å². The van der Waals surface area contributed by atoms with Crippen LogP contribution in [-0.2, 0) is 21.1 Å². The minimum absolute atomic E-state index is 0. The summed E-state index contributed by atoms with van der Waals surface area (Å²) in [5, 5.41) is 3.66. The van der Waals surface area contributed by atoms with Crippen LogP contribution in [0.15, 0.2) is 137 Å². The molecule has 0 atom stereocenters. The molecule has 8 aromatic rings. The van der Waals surface area contributed by atoms with Crippen LogP contribution < -0.4 is 14.5 Å². The van der Waals surface area contributed by atoms with E-state index >= 15 is 0 Å². The molecule has 0 N–H and O–H groups in total. The van der Waals surface area contributed by atoms with E-state index in [0.29, 0.717) is 28.4 Å². The predicted molar refractivity (Wildman–Crippen MR) is 181 cm³/mol. The molecule has 3 aromatic heterocycles. The van der Waals surface area contributed by atoms with Crippen LogP contribution >= 0.6 is 0 Å². The van der Waals surface area contributed by atoms with Crippen LogP contribution in [0.1, 0.15) is 0 Å². The third-order valence-electron chi connectivity index (χ3n) is 8.11. The molecule has 0 fully saturated rings. The van der Waals surface area contributed by atoms with Gasteiger partial charge in [-0.2, -0.15) is 6.67 Å². The van der Waals surface area contributed by atoms with Gasteiger partial charge in [-0.05, 0) is 66.6 Å². The maximum atomic E-state index is 6.90. The van der Waals surface area contributed by atoms with E-state index in [0.717, 1.165) is 49.9 Å². The summed E-state index contributed by atoms with van der Waals surface area (Å²) in [4.78, 5) is 10.7. The van der Waals surface area contributed by atoms with Crippen molar-refractivity contribution in [2.24, 2.45) is 0 Å². The number of hydrogen-bond acceptors (Lipinski definition) is 7. The zero-order valence-corrected chi connectivity index (χ0v) is 27.3. The first-order valence-corrected chi connectivity index (χ1v) is 14.9. The first kappa shape index (κ1) is 28.9. The van der Waals surface area contributed by atoms with E-state index in [1.165, 1.54) is 0 Å². The molecular formula is C39H25N4O3Pt-3. The average molecular weight is 793 g/mol. The molecule has 7 nitrogen and oxygen atoms in total. The molecule has 0 saturated heterocycles. The minimum Gasteiger partial charge on any atom is -0.512 e. The molecule has 0 radical (unpaired) electrons. The summed E-state index contributed by atoms with van der Waals surface area (Å²) in [5.74, 6) is 1.67. The Balaban J connectivity index is 0.00000324. The summed E-state index contributed by atoms with van der Waals surface area (Å²) >= 11 is 0. The number of pyridine rings is 1. The third-order valence-corrected chi connectivity index (χ3v) is 8.11. The zero-order valence-electron chi connectivity index (χ0n) is 25.0. The Morgan fingerprint density at radius 3 is 2.23 bits per heavy atom. The van der Waals surface area contributed by atoms with Crippen LogP contribution in [0.25, 0.3) is 43.9 Å². The van der Waals surface area contributed by atoms with Gasteiger partial charge < -0.3 is 28.3 Å². The zero-order chi connectivity index (χ0) is 30.6.